The van der Waals surface area contributed by atoms with Gasteiger partial charge in [-0.25, -0.2) is 0 Å². The first-order valence-electron chi connectivity index (χ1n) is 6.57. The number of nitro benzene ring substituents is 1. The average molecular weight is 262 g/mol. The highest BCUT2D eigenvalue weighted by Gasteiger charge is 2.29. The molecule has 1 amide bonds. The summed E-state index contributed by atoms with van der Waals surface area (Å²) in [6.45, 7) is 4.35. The lowest BCUT2D eigenvalue weighted by molar-refractivity contribution is -0.385. The zero-order valence-electron chi connectivity index (χ0n) is 11.3. The van der Waals surface area contributed by atoms with Gasteiger partial charge in [-0.3, -0.25) is 14.9 Å². The maximum Gasteiger partial charge on any atom is 0.285 e. The van der Waals surface area contributed by atoms with Crippen LogP contribution >= 0.6 is 0 Å². The quantitative estimate of drug-likeness (QED) is 0.608. The van der Waals surface area contributed by atoms with Crippen molar-refractivity contribution >= 4 is 11.6 Å². The van der Waals surface area contributed by atoms with Crippen molar-refractivity contribution in [2.75, 3.05) is 6.54 Å². The van der Waals surface area contributed by atoms with Gasteiger partial charge in [-0.05, 0) is 39.2 Å². The number of carbonyl (C=O) groups is 1. The molecule has 1 heterocycles. The summed E-state index contributed by atoms with van der Waals surface area (Å²) >= 11 is 0. The Morgan fingerprint density at radius 1 is 1.42 bits per heavy atom. The molecule has 0 spiro atoms. The second-order valence-electron chi connectivity index (χ2n) is 5.07. The Bertz CT molecular complexity index is 513. The highest BCUT2D eigenvalue weighted by Crippen LogP contribution is 2.27. The molecule has 1 unspecified atom stereocenters. The van der Waals surface area contributed by atoms with E-state index in [1.807, 2.05) is 6.92 Å². The topological polar surface area (TPSA) is 63.5 Å². The second-order valence-corrected chi connectivity index (χ2v) is 5.07. The van der Waals surface area contributed by atoms with Crippen molar-refractivity contribution in [3.05, 3.63) is 39.4 Å². The number of carbonyl (C=O) groups excluding carboxylic acids is 1. The van der Waals surface area contributed by atoms with Crippen LogP contribution in [0.25, 0.3) is 0 Å². The largest absolute Gasteiger partial charge is 0.336 e. The van der Waals surface area contributed by atoms with E-state index >= 15 is 0 Å². The Hall–Kier alpha value is -1.91. The fourth-order valence-electron chi connectivity index (χ4n) is 2.63. The number of benzene rings is 1. The van der Waals surface area contributed by atoms with E-state index in [9.17, 15) is 14.9 Å². The lowest BCUT2D eigenvalue weighted by atomic mass is 10.0. The number of piperidine rings is 1. The van der Waals surface area contributed by atoms with Crippen molar-refractivity contribution in [2.45, 2.75) is 39.2 Å². The fourth-order valence-corrected chi connectivity index (χ4v) is 2.63. The zero-order valence-corrected chi connectivity index (χ0v) is 11.3. The number of likely N-dealkylation sites (tertiary alicyclic amines) is 1. The van der Waals surface area contributed by atoms with Gasteiger partial charge < -0.3 is 4.90 Å². The molecule has 0 saturated carbocycles. The first-order chi connectivity index (χ1) is 9.02. The second kappa shape index (κ2) is 5.38. The number of rotatable bonds is 2. The van der Waals surface area contributed by atoms with Crippen LogP contribution in [0.5, 0.6) is 0 Å². The minimum absolute atomic E-state index is 0.0646. The van der Waals surface area contributed by atoms with Gasteiger partial charge in [0.25, 0.3) is 11.6 Å². The predicted octanol–water partition coefficient (Wildman–Crippen LogP) is 2.92. The number of hydrogen-bond donors (Lipinski definition) is 0. The van der Waals surface area contributed by atoms with Gasteiger partial charge in [0.15, 0.2) is 0 Å². The summed E-state index contributed by atoms with van der Waals surface area (Å²) in [5.41, 5.74) is 0.671. The number of nitro groups is 1. The molecule has 0 radical (unpaired) electrons. The smallest absolute Gasteiger partial charge is 0.285 e. The van der Waals surface area contributed by atoms with Gasteiger partial charge in [0.05, 0.1) is 4.92 Å². The lowest BCUT2D eigenvalue weighted by Crippen LogP contribution is -2.42. The van der Waals surface area contributed by atoms with Crippen LogP contribution < -0.4 is 0 Å². The predicted molar refractivity (Wildman–Crippen MR) is 72.2 cm³/mol. The van der Waals surface area contributed by atoms with Crippen molar-refractivity contribution in [1.82, 2.24) is 4.90 Å². The first-order valence-corrected chi connectivity index (χ1v) is 6.57. The minimum Gasteiger partial charge on any atom is -0.336 e. The number of aryl methyl sites for hydroxylation is 1. The molecule has 1 aliphatic rings. The molecule has 0 aromatic heterocycles. The van der Waals surface area contributed by atoms with Crippen molar-refractivity contribution < 1.29 is 9.72 Å². The number of amides is 1. The third-order valence-electron chi connectivity index (χ3n) is 3.71. The highest BCUT2D eigenvalue weighted by atomic mass is 16.6. The van der Waals surface area contributed by atoms with Gasteiger partial charge in [0, 0.05) is 18.2 Å². The van der Waals surface area contributed by atoms with E-state index in [0.29, 0.717) is 12.1 Å². The van der Waals surface area contributed by atoms with E-state index in [1.165, 1.54) is 0 Å². The molecular weight excluding hydrogens is 244 g/mol. The maximum absolute atomic E-state index is 12.5. The Balaban J connectivity index is 2.38. The number of nitrogens with zero attached hydrogens (tertiary/aromatic N) is 2. The Kier molecular flexibility index (Phi) is 3.83. The van der Waals surface area contributed by atoms with Gasteiger partial charge in [-0.15, -0.1) is 0 Å². The summed E-state index contributed by atoms with van der Waals surface area (Å²) in [7, 11) is 0. The number of para-hydroxylation sites is 1. The van der Waals surface area contributed by atoms with E-state index in [4.69, 9.17) is 0 Å². The molecule has 5 heteroatoms. The molecule has 19 heavy (non-hydrogen) atoms. The maximum atomic E-state index is 12.5. The molecular formula is C14H18N2O3. The van der Waals surface area contributed by atoms with Gasteiger partial charge in [-0.2, -0.15) is 0 Å². The van der Waals surface area contributed by atoms with Crippen LogP contribution in [0.15, 0.2) is 18.2 Å². The molecule has 1 saturated heterocycles. The first kappa shape index (κ1) is 13.5. The third-order valence-corrected chi connectivity index (χ3v) is 3.71. The minimum atomic E-state index is -0.461. The van der Waals surface area contributed by atoms with Crippen LogP contribution in [-0.2, 0) is 0 Å². The normalized spacial score (nSPS) is 19.3. The van der Waals surface area contributed by atoms with Gasteiger partial charge in [-0.1, -0.05) is 12.1 Å². The monoisotopic (exact) mass is 262 g/mol. The summed E-state index contributed by atoms with van der Waals surface area (Å²) in [5, 5.41) is 11.1. The third kappa shape index (κ3) is 2.59. The van der Waals surface area contributed by atoms with Crippen molar-refractivity contribution in [1.29, 1.82) is 0 Å². The van der Waals surface area contributed by atoms with E-state index in [0.717, 1.165) is 19.3 Å². The summed E-state index contributed by atoms with van der Waals surface area (Å²) in [6, 6.07) is 5.06. The van der Waals surface area contributed by atoms with E-state index < -0.39 is 4.92 Å². The van der Waals surface area contributed by atoms with Gasteiger partial charge in [0.2, 0.25) is 0 Å². The molecule has 1 aromatic carbocycles. The number of hydrogen-bond acceptors (Lipinski definition) is 3. The van der Waals surface area contributed by atoms with Gasteiger partial charge >= 0.3 is 0 Å². The van der Waals surface area contributed by atoms with Crippen LogP contribution in [0.4, 0.5) is 5.69 Å². The van der Waals surface area contributed by atoms with E-state index in [1.54, 1.807) is 30.0 Å². The van der Waals surface area contributed by atoms with Crippen molar-refractivity contribution in [3.63, 3.8) is 0 Å². The molecule has 0 bridgehead atoms. The standard InChI is InChI=1S/C14H18N2O3/c1-10-6-5-8-12(13(10)16(18)19)14(17)15-9-4-3-7-11(15)2/h5-6,8,11H,3-4,7,9H2,1-2H3. The van der Waals surface area contributed by atoms with Gasteiger partial charge in [0.1, 0.15) is 5.56 Å². The summed E-state index contributed by atoms with van der Waals surface area (Å²) < 4.78 is 0. The SMILES string of the molecule is Cc1cccc(C(=O)N2CCCCC2C)c1[N+](=O)[O-]. The summed E-state index contributed by atoms with van der Waals surface area (Å²) in [4.78, 5) is 24.9. The molecule has 0 N–H and O–H groups in total. The summed E-state index contributed by atoms with van der Waals surface area (Å²) in [6.07, 6.45) is 3.04. The molecule has 5 nitrogen and oxygen atoms in total. The Morgan fingerprint density at radius 2 is 2.16 bits per heavy atom. The average Bonchev–Trinajstić information content (AvgIpc) is 2.37. The fraction of sp³-hybridized carbons (Fsp3) is 0.500. The van der Waals surface area contributed by atoms with Crippen LogP contribution in [0.1, 0.15) is 42.1 Å². The molecule has 1 fully saturated rings. The van der Waals surface area contributed by atoms with Crippen LogP contribution in [0.2, 0.25) is 0 Å². The van der Waals surface area contributed by atoms with Crippen molar-refractivity contribution in [2.24, 2.45) is 0 Å². The van der Waals surface area contributed by atoms with Crippen LogP contribution in [0, 0.1) is 17.0 Å². The Morgan fingerprint density at radius 3 is 2.79 bits per heavy atom. The van der Waals surface area contributed by atoms with E-state index in [2.05, 4.69) is 0 Å². The molecule has 1 atom stereocenters. The van der Waals surface area contributed by atoms with Crippen LogP contribution in [-0.4, -0.2) is 28.3 Å². The lowest BCUT2D eigenvalue weighted by Gasteiger charge is -2.33. The Labute approximate surface area is 112 Å². The molecule has 2 rings (SSSR count). The highest BCUT2D eigenvalue weighted by molar-refractivity contribution is 5.98. The summed E-state index contributed by atoms with van der Waals surface area (Å²) in [5.74, 6) is -0.220. The molecule has 102 valence electrons. The molecule has 1 aliphatic heterocycles. The molecule has 1 aromatic rings. The van der Waals surface area contributed by atoms with Crippen molar-refractivity contribution in [3.8, 4) is 0 Å². The van der Waals surface area contributed by atoms with E-state index in [-0.39, 0.29) is 23.2 Å². The molecule has 0 aliphatic carbocycles. The van der Waals surface area contributed by atoms with Crippen LogP contribution in [0.3, 0.4) is 0 Å². The zero-order chi connectivity index (χ0) is 14.0.